The minimum absolute atomic E-state index is 0.525. The Morgan fingerprint density at radius 3 is 2.23 bits per heavy atom. The largest absolute Gasteiger partial charge is 0.158 e. The smallest absolute Gasteiger partial charge is 0.0733 e. The monoisotopic (exact) mass is 416 g/mol. The molecule has 2 aromatic rings. The molecule has 0 radical (unpaired) electrons. The molecule has 2 aromatic carbocycles. The van der Waals surface area contributed by atoms with Crippen molar-refractivity contribution in [3.63, 3.8) is 0 Å². The highest BCUT2D eigenvalue weighted by Gasteiger charge is 2.25. The molecule has 0 bridgehead atoms. The van der Waals surface area contributed by atoms with E-state index in [4.69, 9.17) is 5.10 Å². The Morgan fingerprint density at radius 2 is 1.55 bits per heavy atom. The van der Waals surface area contributed by atoms with Crippen molar-refractivity contribution in [1.82, 2.24) is 0 Å². The lowest BCUT2D eigenvalue weighted by atomic mass is 9.77. The number of unbranched alkanes of at least 4 members (excludes halogenated alkanes) is 4. The molecule has 1 saturated carbocycles. The van der Waals surface area contributed by atoms with Crippen molar-refractivity contribution in [3.8, 4) is 0 Å². The summed E-state index contributed by atoms with van der Waals surface area (Å²) in [6.07, 6.45) is 16.1. The summed E-state index contributed by atoms with van der Waals surface area (Å²) >= 11 is 0. The van der Waals surface area contributed by atoms with Crippen LogP contribution in [0.2, 0.25) is 0 Å². The van der Waals surface area contributed by atoms with Gasteiger partial charge in [-0.3, -0.25) is 0 Å². The Bertz CT molecular complexity index is 796. The van der Waals surface area contributed by atoms with Crippen molar-refractivity contribution in [2.24, 2.45) is 22.0 Å². The van der Waals surface area contributed by atoms with Crippen LogP contribution in [0.3, 0.4) is 0 Å². The first-order valence-corrected chi connectivity index (χ1v) is 12.6. The van der Waals surface area contributed by atoms with E-state index >= 15 is 0 Å². The number of nitrogens with zero attached hydrogens (tertiary/aromatic N) is 2. The minimum atomic E-state index is 0.525. The Kier molecular flexibility index (Phi) is 10.0. The standard InChI is InChI=1S/C29H40N2/c1-3-5-6-7-9-12-25-15-17-26(18-16-25)23-30-31-29(27-13-10-8-11-14-27)28-21-19-24(4-2)20-22-28/h8,10-11,13-18,23-24,28H,3-7,9,12,19-22H2,1-2H3. The lowest BCUT2D eigenvalue weighted by Gasteiger charge is -2.28. The molecule has 2 nitrogen and oxygen atoms in total. The van der Waals surface area contributed by atoms with E-state index in [2.05, 4.69) is 73.5 Å². The fourth-order valence-electron chi connectivity index (χ4n) is 4.69. The van der Waals surface area contributed by atoms with Crippen LogP contribution < -0.4 is 0 Å². The first-order chi connectivity index (χ1) is 15.3. The maximum atomic E-state index is 4.75. The van der Waals surface area contributed by atoms with Crippen LogP contribution in [-0.4, -0.2) is 11.9 Å². The summed E-state index contributed by atoms with van der Waals surface area (Å²) in [5.41, 5.74) is 4.93. The molecule has 0 aliphatic heterocycles. The predicted molar refractivity (Wildman–Crippen MR) is 135 cm³/mol. The molecule has 0 unspecified atom stereocenters. The van der Waals surface area contributed by atoms with Crippen molar-refractivity contribution in [2.45, 2.75) is 84.5 Å². The predicted octanol–water partition coefficient (Wildman–Crippen LogP) is 8.24. The van der Waals surface area contributed by atoms with Crippen LogP contribution >= 0.6 is 0 Å². The third-order valence-electron chi connectivity index (χ3n) is 6.80. The maximum absolute atomic E-state index is 4.75. The first-order valence-electron chi connectivity index (χ1n) is 12.6. The van der Waals surface area contributed by atoms with E-state index in [0.717, 1.165) is 17.2 Å². The molecule has 2 heteroatoms. The van der Waals surface area contributed by atoms with Gasteiger partial charge in [0.05, 0.1) is 11.9 Å². The lowest BCUT2D eigenvalue weighted by Crippen LogP contribution is -2.22. The Labute approximate surface area is 189 Å². The van der Waals surface area contributed by atoms with Gasteiger partial charge in [0, 0.05) is 5.92 Å². The normalized spacial score (nSPS) is 19.7. The van der Waals surface area contributed by atoms with Crippen molar-refractivity contribution < 1.29 is 0 Å². The van der Waals surface area contributed by atoms with Gasteiger partial charge in [0.2, 0.25) is 0 Å². The molecule has 1 fully saturated rings. The van der Waals surface area contributed by atoms with E-state index in [1.165, 1.54) is 81.8 Å². The van der Waals surface area contributed by atoms with Crippen molar-refractivity contribution in [3.05, 3.63) is 71.3 Å². The summed E-state index contributed by atoms with van der Waals surface area (Å²) in [6.45, 7) is 4.59. The second-order valence-electron chi connectivity index (χ2n) is 9.13. The van der Waals surface area contributed by atoms with Crippen LogP contribution in [0, 0.1) is 11.8 Å². The summed E-state index contributed by atoms with van der Waals surface area (Å²) in [7, 11) is 0. The molecule has 0 saturated heterocycles. The SMILES string of the molecule is CCCCCCCc1ccc(C=NN=C(c2ccccc2)C2CCC(CC)CC2)cc1. The van der Waals surface area contributed by atoms with E-state index < -0.39 is 0 Å². The Balaban J connectivity index is 1.62. The zero-order chi connectivity index (χ0) is 21.7. The summed E-state index contributed by atoms with van der Waals surface area (Å²) in [5, 5.41) is 9.27. The zero-order valence-electron chi connectivity index (χ0n) is 19.6. The molecular weight excluding hydrogens is 376 g/mol. The van der Waals surface area contributed by atoms with Crippen LogP contribution in [0.1, 0.15) is 94.7 Å². The van der Waals surface area contributed by atoms with E-state index in [0.29, 0.717) is 5.92 Å². The number of hydrogen-bond acceptors (Lipinski definition) is 2. The van der Waals surface area contributed by atoms with Gasteiger partial charge in [-0.25, -0.2) is 0 Å². The lowest BCUT2D eigenvalue weighted by molar-refractivity contribution is 0.315. The molecule has 0 N–H and O–H groups in total. The summed E-state index contributed by atoms with van der Waals surface area (Å²) in [4.78, 5) is 0. The molecule has 1 aliphatic rings. The highest BCUT2D eigenvalue weighted by Crippen LogP contribution is 2.33. The maximum Gasteiger partial charge on any atom is 0.0733 e. The highest BCUT2D eigenvalue weighted by atomic mass is 15.2. The average Bonchev–Trinajstić information content (AvgIpc) is 2.83. The van der Waals surface area contributed by atoms with E-state index in [-0.39, 0.29) is 0 Å². The number of hydrogen-bond donors (Lipinski definition) is 0. The number of benzene rings is 2. The van der Waals surface area contributed by atoms with E-state index in [1.807, 2.05) is 6.21 Å². The van der Waals surface area contributed by atoms with Crippen molar-refractivity contribution in [1.29, 1.82) is 0 Å². The van der Waals surface area contributed by atoms with Gasteiger partial charge in [0.1, 0.15) is 0 Å². The zero-order valence-corrected chi connectivity index (χ0v) is 19.6. The topological polar surface area (TPSA) is 24.7 Å². The van der Waals surface area contributed by atoms with Gasteiger partial charge in [-0.15, -0.1) is 0 Å². The fourth-order valence-corrected chi connectivity index (χ4v) is 4.69. The van der Waals surface area contributed by atoms with Crippen LogP contribution in [0.25, 0.3) is 0 Å². The highest BCUT2D eigenvalue weighted by molar-refractivity contribution is 6.02. The van der Waals surface area contributed by atoms with Gasteiger partial charge in [0.25, 0.3) is 0 Å². The molecule has 0 aromatic heterocycles. The van der Waals surface area contributed by atoms with Gasteiger partial charge < -0.3 is 0 Å². The van der Waals surface area contributed by atoms with Crippen LogP contribution in [0.5, 0.6) is 0 Å². The summed E-state index contributed by atoms with van der Waals surface area (Å²) < 4.78 is 0. The Hall–Kier alpha value is -2.22. The molecule has 0 spiro atoms. The quantitative estimate of drug-likeness (QED) is 0.200. The second kappa shape index (κ2) is 13.2. The molecule has 166 valence electrons. The summed E-state index contributed by atoms with van der Waals surface area (Å²) in [5.74, 6) is 1.42. The van der Waals surface area contributed by atoms with Crippen LogP contribution in [0.4, 0.5) is 0 Å². The molecule has 0 heterocycles. The van der Waals surface area contributed by atoms with Crippen LogP contribution in [0.15, 0.2) is 64.8 Å². The second-order valence-corrected chi connectivity index (χ2v) is 9.13. The molecule has 0 atom stereocenters. The molecular formula is C29H40N2. The van der Waals surface area contributed by atoms with Gasteiger partial charge >= 0.3 is 0 Å². The van der Waals surface area contributed by atoms with Crippen molar-refractivity contribution in [2.75, 3.05) is 0 Å². The molecule has 0 amide bonds. The van der Waals surface area contributed by atoms with E-state index in [9.17, 15) is 0 Å². The third kappa shape index (κ3) is 7.76. The summed E-state index contributed by atoms with van der Waals surface area (Å²) in [6, 6.07) is 19.5. The van der Waals surface area contributed by atoms with Gasteiger partial charge in [0.15, 0.2) is 0 Å². The Morgan fingerprint density at radius 1 is 0.839 bits per heavy atom. The third-order valence-corrected chi connectivity index (χ3v) is 6.80. The first kappa shape index (κ1) is 23.4. The van der Waals surface area contributed by atoms with Gasteiger partial charge in [-0.1, -0.05) is 101 Å². The average molecular weight is 417 g/mol. The number of aryl methyl sites for hydroxylation is 1. The van der Waals surface area contributed by atoms with E-state index in [1.54, 1.807) is 0 Å². The molecule has 3 rings (SSSR count). The number of rotatable bonds is 11. The fraction of sp³-hybridized carbons (Fsp3) is 0.517. The minimum Gasteiger partial charge on any atom is -0.158 e. The van der Waals surface area contributed by atoms with Gasteiger partial charge in [-0.2, -0.15) is 10.2 Å². The molecule has 31 heavy (non-hydrogen) atoms. The molecule has 1 aliphatic carbocycles. The van der Waals surface area contributed by atoms with Crippen molar-refractivity contribution >= 4 is 11.9 Å². The van der Waals surface area contributed by atoms with Crippen LogP contribution in [-0.2, 0) is 6.42 Å². The van der Waals surface area contributed by atoms with Gasteiger partial charge in [-0.05, 0) is 61.1 Å².